The van der Waals surface area contributed by atoms with E-state index in [9.17, 15) is 0 Å². The monoisotopic (exact) mass is 351 g/mol. The summed E-state index contributed by atoms with van der Waals surface area (Å²) >= 11 is 0. The van der Waals surface area contributed by atoms with Crippen LogP contribution in [0, 0.1) is 6.92 Å². The van der Waals surface area contributed by atoms with E-state index in [0.717, 1.165) is 11.3 Å². The molecular weight excluding hydrogens is 326 g/mol. The zero-order valence-electron chi connectivity index (χ0n) is 15.9. The number of hydrogen-bond donors (Lipinski definition) is 1. The van der Waals surface area contributed by atoms with E-state index in [1.54, 1.807) is 0 Å². The Labute approximate surface area is 162 Å². The molecule has 0 bridgehead atoms. The van der Waals surface area contributed by atoms with Crippen molar-refractivity contribution in [3.63, 3.8) is 0 Å². The van der Waals surface area contributed by atoms with Gasteiger partial charge in [-0.05, 0) is 48.2 Å². The van der Waals surface area contributed by atoms with Gasteiger partial charge >= 0.3 is 0 Å². The quantitative estimate of drug-likeness (QED) is 0.461. The molecule has 3 rings (SSSR count). The van der Waals surface area contributed by atoms with Gasteiger partial charge in [-0.2, -0.15) is 0 Å². The third-order valence-corrected chi connectivity index (χ3v) is 4.35. The molecule has 1 heteroatoms. The molecule has 0 saturated carbocycles. The predicted octanol–water partition coefficient (Wildman–Crippen LogP) is 7.25. The average molecular weight is 351 g/mol. The molecule has 0 aliphatic heterocycles. The summed E-state index contributed by atoms with van der Waals surface area (Å²) in [6, 6.07) is 27.5. The second-order valence-electron chi connectivity index (χ2n) is 6.44. The van der Waals surface area contributed by atoms with Gasteiger partial charge in [0.05, 0.1) is 0 Å². The Balaban J connectivity index is 1.78. The molecule has 0 aromatic heterocycles. The molecule has 27 heavy (non-hydrogen) atoms. The van der Waals surface area contributed by atoms with Crippen LogP contribution >= 0.6 is 0 Å². The van der Waals surface area contributed by atoms with Crippen LogP contribution in [0.1, 0.15) is 18.1 Å². The molecule has 0 saturated heterocycles. The number of aryl methyl sites for hydroxylation is 1. The molecule has 1 nitrogen and oxygen atoms in total. The first-order chi connectivity index (χ1) is 13.3. The van der Waals surface area contributed by atoms with Crippen molar-refractivity contribution < 1.29 is 0 Å². The van der Waals surface area contributed by atoms with Crippen molar-refractivity contribution in [1.82, 2.24) is 0 Å². The highest BCUT2D eigenvalue weighted by Gasteiger charge is 1.99. The lowest BCUT2D eigenvalue weighted by Crippen LogP contribution is -1.91. The van der Waals surface area contributed by atoms with Gasteiger partial charge in [-0.15, -0.1) is 0 Å². The standard InChI is InChI=1S/C26H25N/c1-3-4-6-11-25(22-9-7-5-8-10-22)20-27-26-18-16-24(17-19-26)23-14-12-21(2)13-15-23/h3-20,27H,1-2H3/b4-3-,11-6-,25-20-. The Hall–Kier alpha value is -3.32. The summed E-state index contributed by atoms with van der Waals surface area (Å²) in [6.45, 7) is 4.13. The summed E-state index contributed by atoms with van der Waals surface area (Å²) in [7, 11) is 0. The smallest absolute Gasteiger partial charge is 0.0380 e. The molecule has 0 radical (unpaired) electrons. The molecular formula is C26H25N. The van der Waals surface area contributed by atoms with Crippen molar-refractivity contribution in [2.24, 2.45) is 0 Å². The maximum atomic E-state index is 3.42. The molecule has 3 aromatic rings. The van der Waals surface area contributed by atoms with Crippen LogP contribution in [0.3, 0.4) is 0 Å². The second-order valence-corrected chi connectivity index (χ2v) is 6.44. The minimum Gasteiger partial charge on any atom is -0.361 e. The van der Waals surface area contributed by atoms with Crippen LogP contribution in [0.25, 0.3) is 16.7 Å². The highest BCUT2D eigenvalue weighted by atomic mass is 14.8. The van der Waals surface area contributed by atoms with Crippen molar-refractivity contribution in [1.29, 1.82) is 0 Å². The van der Waals surface area contributed by atoms with Crippen LogP contribution in [-0.2, 0) is 0 Å². The van der Waals surface area contributed by atoms with E-state index in [2.05, 4.69) is 103 Å². The van der Waals surface area contributed by atoms with Gasteiger partial charge in [0.2, 0.25) is 0 Å². The lowest BCUT2D eigenvalue weighted by atomic mass is 10.0. The summed E-state index contributed by atoms with van der Waals surface area (Å²) in [6.07, 6.45) is 10.3. The number of hydrogen-bond acceptors (Lipinski definition) is 1. The van der Waals surface area contributed by atoms with Crippen LogP contribution in [0.15, 0.2) is 109 Å². The summed E-state index contributed by atoms with van der Waals surface area (Å²) in [5.41, 5.74) is 7.13. The fourth-order valence-corrected chi connectivity index (χ4v) is 2.79. The number of nitrogens with one attached hydrogen (secondary N) is 1. The van der Waals surface area contributed by atoms with E-state index in [0.29, 0.717) is 0 Å². The van der Waals surface area contributed by atoms with Crippen LogP contribution in [-0.4, -0.2) is 0 Å². The van der Waals surface area contributed by atoms with Crippen molar-refractivity contribution >= 4 is 11.3 Å². The summed E-state index contributed by atoms with van der Waals surface area (Å²) in [5.74, 6) is 0. The molecule has 0 aliphatic carbocycles. The third kappa shape index (κ3) is 5.32. The van der Waals surface area contributed by atoms with E-state index in [1.165, 1.54) is 22.3 Å². The van der Waals surface area contributed by atoms with Crippen LogP contribution in [0.4, 0.5) is 5.69 Å². The molecule has 0 unspecified atom stereocenters. The van der Waals surface area contributed by atoms with Gasteiger partial charge in [-0.1, -0.05) is 96.6 Å². The van der Waals surface area contributed by atoms with Crippen LogP contribution in [0.2, 0.25) is 0 Å². The molecule has 0 heterocycles. The van der Waals surface area contributed by atoms with Gasteiger partial charge in [0.1, 0.15) is 0 Å². The maximum absolute atomic E-state index is 3.42. The highest BCUT2D eigenvalue weighted by Crippen LogP contribution is 2.23. The Bertz CT molecular complexity index is 928. The van der Waals surface area contributed by atoms with E-state index in [-0.39, 0.29) is 0 Å². The fraction of sp³-hybridized carbons (Fsp3) is 0.0769. The van der Waals surface area contributed by atoms with Crippen LogP contribution in [0.5, 0.6) is 0 Å². The van der Waals surface area contributed by atoms with Crippen molar-refractivity contribution in [2.45, 2.75) is 13.8 Å². The Morgan fingerprint density at radius 1 is 0.741 bits per heavy atom. The lowest BCUT2D eigenvalue weighted by Gasteiger charge is -2.07. The largest absolute Gasteiger partial charge is 0.361 e. The zero-order chi connectivity index (χ0) is 18.9. The minimum atomic E-state index is 1.07. The van der Waals surface area contributed by atoms with Crippen molar-refractivity contribution in [2.75, 3.05) is 5.32 Å². The third-order valence-electron chi connectivity index (χ3n) is 4.35. The Morgan fingerprint density at radius 2 is 1.37 bits per heavy atom. The zero-order valence-corrected chi connectivity index (χ0v) is 15.9. The molecule has 0 atom stereocenters. The highest BCUT2D eigenvalue weighted by molar-refractivity contribution is 5.76. The Morgan fingerprint density at radius 3 is 2.00 bits per heavy atom. The topological polar surface area (TPSA) is 12.0 Å². The second kappa shape index (κ2) is 9.40. The SMILES string of the molecule is C\C=C/C=C\C(=C\Nc1ccc(-c2ccc(C)cc2)cc1)c1ccccc1. The molecule has 0 amide bonds. The van der Waals surface area contributed by atoms with E-state index in [4.69, 9.17) is 0 Å². The number of allylic oxidation sites excluding steroid dienone is 5. The van der Waals surface area contributed by atoms with Crippen molar-refractivity contribution in [3.05, 3.63) is 120 Å². The summed E-state index contributed by atoms with van der Waals surface area (Å²) in [4.78, 5) is 0. The first-order valence-corrected chi connectivity index (χ1v) is 9.25. The fourth-order valence-electron chi connectivity index (χ4n) is 2.79. The first-order valence-electron chi connectivity index (χ1n) is 9.25. The van der Waals surface area contributed by atoms with Gasteiger partial charge in [-0.3, -0.25) is 0 Å². The van der Waals surface area contributed by atoms with Crippen LogP contribution < -0.4 is 5.32 Å². The molecule has 0 aliphatic rings. The molecule has 0 fully saturated rings. The van der Waals surface area contributed by atoms with Gasteiger partial charge in [-0.25, -0.2) is 0 Å². The average Bonchev–Trinajstić information content (AvgIpc) is 2.72. The maximum Gasteiger partial charge on any atom is 0.0380 e. The van der Waals surface area contributed by atoms with Gasteiger partial charge in [0, 0.05) is 11.9 Å². The summed E-state index contributed by atoms with van der Waals surface area (Å²) < 4.78 is 0. The molecule has 1 N–H and O–H groups in total. The Kier molecular flexibility index (Phi) is 6.43. The summed E-state index contributed by atoms with van der Waals surface area (Å²) in [5, 5.41) is 3.42. The van der Waals surface area contributed by atoms with E-state index >= 15 is 0 Å². The lowest BCUT2D eigenvalue weighted by molar-refractivity contribution is 1.47. The van der Waals surface area contributed by atoms with Gasteiger partial charge < -0.3 is 5.32 Å². The molecule has 3 aromatic carbocycles. The van der Waals surface area contributed by atoms with Gasteiger partial charge in [0.25, 0.3) is 0 Å². The van der Waals surface area contributed by atoms with Gasteiger partial charge in [0.15, 0.2) is 0 Å². The van der Waals surface area contributed by atoms with E-state index in [1.807, 2.05) is 25.1 Å². The first kappa shape index (κ1) is 18.5. The molecule has 134 valence electrons. The number of benzene rings is 3. The predicted molar refractivity (Wildman–Crippen MR) is 119 cm³/mol. The van der Waals surface area contributed by atoms with Crippen molar-refractivity contribution in [3.8, 4) is 11.1 Å². The van der Waals surface area contributed by atoms with E-state index < -0.39 is 0 Å². The normalized spacial score (nSPS) is 12.0. The number of rotatable bonds is 6. The number of anilines is 1. The minimum absolute atomic E-state index is 1.07. The molecule has 0 spiro atoms.